The molecule has 6 heteroatoms. The maximum atomic E-state index is 13.3. The van der Waals surface area contributed by atoms with Crippen LogP contribution in [0, 0.1) is 0 Å². The molecule has 152 valence electrons. The zero-order valence-corrected chi connectivity index (χ0v) is 17.2. The van der Waals surface area contributed by atoms with Crippen LogP contribution in [-0.4, -0.2) is 30.6 Å². The fourth-order valence-corrected chi connectivity index (χ4v) is 3.95. The quantitative estimate of drug-likeness (QED) is 0.584. The Labute approximate surface area is 180 Å². The van der Waals surface area contributed by atoms with Crippen LogP contribution in [0.25, 0.3) is 0 Å². The van der Waals surface area contributed by atoms with Gasteiger partial charge in [-0.05, 0) is 53.4 Å². The van der Waals surface area contributed by atoms with Crippen molar-refractivity contribution in [3.63, 3.8) is 0 Å². The Kier molecular flexibility index (Phi) is 5.72. The second-order valence-corrected chi connectivity index (χ2v) is 7.54. The Morgan fingerprint density at radius 3 is 2.57 bits per heavy atom. The van der Waals surface area contributed by atoms with E-state index in [0.717, 1.165) is 17.5 Å². The summed E-state index contributed by atoms with van der Waals surface area (Å²) in [4.78, 5) is 26.9. The minimum atomic E-state index is -0.447. The van der Waals surface area contributed by atoms with Crippen molar-refractivity contribution in [3.8, 4) is 0 Å². The number of hydrogen-bond donors (Lipinski definition) is 1. The lowest BCUT2D eigenvalue weighted by Crippen LogP contribution is -2.43. The highest BCUT2D eigenvalue weighted by atomic mass is 35.5. The zero-order valence-electron chi connectivity index (χ0n) is 16.5. The molecule has 3 aromatic rings. The summed E-state index contributed by atoms with van der Waals surface area (Å²) in [6.45, 7) is 0.576. The number of methoxy groups -OCH3 is 1. The van der Waals surface area contributed by atoms with E-state index >= 15 is 0 Å². The molecule has 0 bridgehead atoms. The standard InChI is InChI=1S/C24H21ClN2O3/c1-30-23(28)18-6-4-7-20(15-18)26-24(29)27-14-13-16-5-2-3-8-21(16)22(27)17-9-11-19(25)12-10-17/h2-12,15,22H,13-14H2,1H3,(H,26,29)/t22-/m1/s1. The van der Waals surface area contributed by atoms with Crippen molar-refractivity contribution < 1.29 is 14.3 Å². The molecule has 0 radical (unpaired) electrons. The van der Waals surface area contributed by atoms with Gasteiger partial charge in [0.25, 0.3) is 0 Å². The molecule has 2 amide bonds. The highest BCUT2D eigenvalue weighted by molar-refractivity contribution is 6.30. The maximum Gasteiger partial charge on any atom is 0.337 e. The molecule has 0 saturated heterocycles. The lowest BCUT2D eigenvalue weighted by Gasteiger charge is -2.37. The molecule has 0 unspecified atom stereocenters. The third kappa shape index (κ3) is 4.02. The molecule has 0 fully saturated rings. The Morgan fingerprint density at radius 1 is 1.03 bits per heavy atom. The number of urea groups is 1. The molecule has 1 aliphatic rings. The van der Waals surface area contributed by atoms with E-state index in [1.807, 2.05) is 41.3 Å². The molecule has 1 aliphatic heterocycles. The van der Waals surface area contributed by atoms with E-state index in [2.05, 4.69) is 17.4 Å². The van der Waals surface area contributed by atoms with E-state index in [0.29, 0.717) is 22.8 Å². The van der Waals surface area contributed by atoms with Crippen LogP contribution in [-0.2, 0) is 11.2 Å². The highest BCUT2D eigenvalue weighted by Gasteiger charge is 2.32. The van der Waals surface area contributed by atoms with Crippen LogP contribution in [0.2, 0.25) is 5.02 Å². The fraction of sp³-hybridized carbons (Fsp3) is 0.167. The molecule has 0 saturated carbocycles. The largest absolute Gasteiger partial charge is 0.465 e. The number of rotatable bonds is 3. The molecule has 0 spiro atoms. The number of esters is 1. The first kappa shape index (κ1) is 20.0. The van der Waals surface area contributed by atoms with Crippen molar-refractivity contribution in [1.29, 1.82) is 0 Å². The molecule has 1 heterocycles. The summed E-state index contributed by atoms with van der Waals surface area (Å²) in [7, 11) is 1.33. The number of benzene rings is 3. The van der Waals surface area contributed by atoms with E-state index in [1.54, 1.807) is 24.3 Å². The SMILES string of the molecule is COC(=O)c1cccc(NC(=O)N2CCc3ccccc3[C@H]2c2ccc(Cl)cc2)c1. The van der Waals surface area contributed by atoms with Crippen molar-refractivity contribution in [2.75, 3.05) is 19.0 Å². The second kappa shape index (κ2) is 8.59. The Balaban J connectivity index is 1.65. The van der Waals surface area contributed by atoms with Gasteiger partial charge in [-0.15, -0.1) is 0 Å². The molecule has 0 aliphatic carbocycles. The van der Waals surface area contributed by atoms with Crippen molar-refractivity contribution in [2.45, 2.75) is 12.5 Å². The Bertz CT molecular complexity index is 1080. The van der Waals surface area contributed by atoms with Crippen LogP contribution in [0.1, 0.15) is 33.1 Å². The number of fused-ring (bicyclic) bond motifs is 1. The summed E-state index contributed by atoms with van der Waals surface area (Å²) < 4.78 is 4.76. The van der Waals surface area contributed by atoms with Crippen LogP contribution >= 0.6 is 11.6 Å². The third-order valence-corrected chi connectivity index (χ3v) is 5.52. The maximum absolute atomic E-state index is 13.3. The number of ether oxygens (including phenoxy) is 1. The minimum Gasteiger partial charge on any atom is -0.465 e. The normalized spacial score (nSPS) is 15.3. The van der Waals surface area contributed by atoms with Crippen LogP contribution in [0.15, 0.2) is 72.8 Å². The first-order chi connectivity index (χ1) is 14.6. The van der Waals surface area contributed by atoms with Crippen LogP contribution < -0.4 is 5.32 Å². The lowest BCUT2D eigenvalue weighted by atomic mass is 9.88. The first-order valence-electron chi connectivity index (χ1n) is 9.66. The van der Waals surface area contributed by atoms with Gasteiger partial charge in [0.2, 0.25) is 0 Å². The summed E-state index contributed by atoms with van der Waals surface area (Å²) in [6, 6.07) is 22.0. The lowest BCUT2D eigenvalue weighted by molar-refractivity contribution is 0.0600. The van der Waals surface area contributed by atoms with Crippen LogP contribution in [0.4, 0.5) is 10.5 Å². The molecular weight excluding hydrogens is 400 g/mol. The van der Waals surface area contributed by atoms with Gasteiger partial charge in [-0.3, -0.25) is 0 Å². The third-order valence-electron chi connectivity index (χ3n) is 5.26. The topological polar surface area (TPSA) is 58.6 Å². The van der Waals surface area contributed by atoms with Gasteiger partial charge in [-0.2, -0.15) is 0 Å². The summed E-state index contributed by atoms with van der Waals surface area (Å²) in [5.41, 5.74) is 4.24. The monoisotopic (exact) mass is 420 g/mol. The van der Waals surface area contributed by atoms with Crippen molar-refractivity contribution in [2.24, 2.45) is 0 Å². The number of nitrogens with one attached hydrogen (secondary N) is 1. The van der Waals surface area contributed by atoms with E-state index in [9.17, 15) is 9.59 Å². The predicted octanol–water partition coefficient (Wildman–Crippen LogP) is 5.31. The number of carbonyl (C=O) groups excluding carboxylic acids is 2. The van der Waals surface area contributed by atoms with Crippen LogP contribution in [0.5, 0.6) is 0 Å². The van der Waals surface area contributed by atoms with Gasteiger partial charge in [0.1, 0.15) is 0 Å². The van der Waals surface area contributed by atoms with Gasteiger partial charge in [0, 0.05) is 17.3 Å². The molecule has 1 N–H and O–H groups in total. The summed E-state index contributed by atoms with van der Waals surface area (Å²) in [5.74, 6) is -0.447. The highest BCUT2D eigenvalue weighted by Crippen LogP contribution is 2.36. The summed E-state index contributed by atoms with van der Waals surface area (Å²) in [6.07, 6.45) is 0.774. The van der Waals surface area contributed by atoms with Gasteiger partial charge in [0.05, 0.1) is 18.7 Å². The molecule has 5 nitrogen and oxygen atoms in total. The van der Waals surface area contributed by atoms with Gasteiger partial charge in [-0.1, -0.05) is 54.1 Å². The second-order valence-electron chi connectivity index (χ2n) is 7.10. The fourth-order valence-electron chi connectivity index (χ4n) is 3.83. The van der Waals surface area contributed by atoms with Gasteiger partial charge in [0.15, 0.2) is 0 Å². The molecule has 3 aromatic carbocycles. The van der Waals surface area contributed by atoms with E-state index in [-0.39, 0.29) is 12.1 Å². The number of carbonyl (C=O) groups is 2. The van der Waals surface area contributed by atoms with Crippen molar-refractivity contribution >= 4 is 29.3 Å². The van der Waals surface area contributed by atoms with Gasteiger partial charge < -0.3 is 15.0 Å². The van der Waals surface area contributed by atoms with Gasteiger partial charge >= 0.3 is 12.0 Å². The predicted molar refractivity (Wildman–Crippen MR) is 117 cm³/mol. The summed E-state index contributed by atoms with van der Waals surface area (Å²) >= 11 is 6.08. The van der Waals surface area contributed by atoms with E-state index in [1.165, 1.54) is 12.7 Å². The van der Waals surface area contributed by atoms with E-state index in [4.69, 9.17) is 16.3 Å². The molecule has 0 aromatic heterocycles. The number of hydrogen-bond acceptors (Lipinski definition) is 3. The zero-order chi connectivity index (χ0) is 21.1. The number of amides is 2. The number of halogens is 1. The van der Waals surface area contributed by atoms with Crippen molar-refractivity contribution in [1.82, 2.24) is 4.90 Å². The Morgan fingerprint density at radius 2 is 1.80 bits per heavy atom. The average molecular weight is 421 g/mol. The first-order valence-corrected chi connectivity index (χ1v) is 10.0. The van der Waals surface area contributed by atoms with Gasteiger partial charge in [-0.25, -0.2) is 9.59 Å². The number of nitrogens with zero attached hydrogens (tertiary/aromatic N) is 1. The molecule has 4 rings (SSSR count). The molecule has 1 atom stereocenters. The molecule has 30 heavy (non-hydrogen) atoms. The smallest absolute Gasteiger partial charge is 0.337 e. The summed E-state index contributed by atoms with van der Waals surface area (Å²) in [5, 5.41) is 3.58. The minimum absolute atomic E-state index is 0.226. The van der Waals surface area contributed by atoms with Crippen LogP contribution in [0.3, 0.4) is 0 Å². The van der Waals surface area contributed by atoms with E-state index < -0.39 is 5.97 Å². The Hall–Kier alpha value is -3.31. The number of anilines is 1. The van der Waals surface area contributed by atoms with Crippen molar-refractivity contribution in [3.05, 3.63) is 100 Å². The average Bonchev–Trinajstić information content (AvgIpc) is 2.78. The molecular formula is C24H21ClN2O3.